The van der Waals surface area contributed by atoms with E-state index in [0.29, 0.717) is 23.7 Å². The van der Waals surface area contributed by atoms with Crippen LogP contribution in [0.25, 0.3) is 11.3 Å². The maximum atomic E-state index is 13.1. The minimum Gasteiger partial charge on any atom is -0.385 e. The molecule has 1 saturated heterocycles. The van der Waals surface area contributed by atoms with Gasteiger partial charge in [0.1, 0.15) is 11.9 Å². The highest BCUT2D eigenvalue weighted by Gasteiger charge is 2.44. The number of rotatable bonds is 7. The molecule has 11 nitrogen and oxygen atoms in total. The first kappa shape index (κ1) is 24.5. The van der Waals surface area contributed by atoms with Gasteiger partial charge >= 0.3 is 0 Å². The molecule has 0 spiro atoms. The molecule has 1 unspecified atom stereocenters. The summed E-state index contributed by atoms with van der Waals surface area (Å²) in [5.41, 5.74) is 10.3. The molecule has 1 aromatic carbocycles. The number of nitrogens with zero attached hydrogens (tertiary/aromatic N) is 4. The number of aromatic nitrogens is 3. The Balaban J connectivity index is 0.989. The van der Waals surface area contributed by atoms with Crippen molar-refractivity contribution in [1.82, 2.24) is 25.0 Å². The molecule has 7 rings (SSSR count). The smallest absolute Gasteiger partial charge is 0.262 e. The first-order chi connectivity index (χ1) is 19.4. The normalized spacial score (nSPS) is 24.1. The van der Waals surface area contributed by atoms with Crippen molar-refractivity contribution in [2.45, 2.75) is 56.5 Å². The van der Waals surface area contributed by atoms with E-state index in [4.69, 9.17) is 10.8 Å². The maximum absolute atomic E-state index is 13.1. The van der Waals surface area contributed by atoms with Gasteiger partial charge in [-0.1, -0.05) is 6.07 Å². The summed E-state index contributed by atoms with van der Waals surface area (Å²) in [5, 5.41) is 10.6. The Bertz CT molecular complexity index is 1570. The first-order valence-corrected chi connectivity index (χ1v) is 13.8. The Labute approximate surface area is 230 Å². The van der Waals surface area contributed by atoms with E-state index in [1.165, 1.54) is 0 Å². The van der Waals surface area contributed by atoms with Crippen LogP contribution in [-0.4, -0.2) is 55.9 Å². The van der Waals surface area contributed by atoms with E-state index < -0.39 is 29.7 Å². The lowest BCUT2D eigenvalue weighted by molar-refractivity contribution is -0.136. The summed E-state index contributed by atoms with van der Waals surface area (Å²) in [5.74, 6) is -0.560. The SMILES string of the molecule is Nc1cccc(-c2cn([C@H]3C[C@H](CNc4ccc5c(c4)C(=O)N(C4CCC(=O)NC4=O)C5=O)C3)nc2C2CC2)n1. The average molecular weight is 540 g/mol. The predicted octanol–water partition coefficient (Wildman–Crippen LogP) is 2.87. The van der Waals surface area contributed by atoms with Gasteiger partial charge in [0.2, 0.25) is 11.8 Å². The Morgan fingerprint density at radius 1 is 0.975 bits per heavy atom. The topological polar surface area (TPSA) is 152 Å². The molecule has 0 radical (unpaired) electrons. The molecule has 3 aromatic rings. The lowest BCUT2D eigenvalue weighted by Gasteiger charge is -2.35. The fourth-order valence-corrected chi connectivity index (χ4v) is 5.98. The van der Waals surface area contributed by atoms with Gasteiger partial charge in [0.05, 0.1) is 28.6 Å². The number of anilines is 2. The quantitative estimate of drug-likeness (QED) is 0.388. The van der Waals surface area contributed by atoms with Crippen LogP contribution in [0.5, 0.6) is 0 Å². The van der Waals surface area contributed by atoms with E-state index in [0.717, 1.165) is 59.8 Å². The van der Waals surface area contributed by atoms with Crippen molar-refractivity contribution in [3.05, 3.63) is 59.4 Å². The number of imide groups is 2. The monoisotopic (exact) mass is 539 g/mol. The molecule has 1 atom stereocenters. The first-order valence-electron chi connectivity index (χ1n) is 13.8. The summed E-state index contributed by atoms with van der Waals surface area (Å²) in [6.45, 7) is 0.731. The highest BCUT2D eigenvalue weighted by molar-refractivity contribution is 6.23. The van der Waals surface area contributed by atoms with Crippen LogP contribution >= 0.6 is 0 Å². The summed E-state index contributed by atoms with van der Waals surface area (Å²) < 4.78 is 2.09. The third-order valence-electron chi connectivity index (χ3n) is 8.39. The molecule has 204 valence electrons. The second-order valence-electron chi connectivity index (χ2n) is 11.2. The van der Waals surface area contributed by atoms with Crippen molar-refractivity contribution in [1.29, 1.82) is 0 Å². The van der Waals surface area contributed by atoms with Crippen LogP contribution in [0.15, 0.2) is 42.6 Å². The third kappa shape index (κ3) is 4.21. The molecule has 4 amide bonds. The minimum atomic E-state index is -0.966. The molecule has 0 bridgehead atoms. The van der Waals surface area contributed by atoms with Crippen LogP contribution in [0.4, 0.5) is 11.5 Å². The van der Waals surface area contributed by atoms with Crippen molar-refractivity contribution in [2.24, 2.45) is 5.92 Å². The molecule has 2 aliphatic heterocycles. The van der Waals surface area contributed by atoms with Crippen LogP contribution in [0.3, 0.4) is 0 Å². The van der Waals surface area contributed by atoms with Crippen LogP contribution < -0.4 is 16.4 Å². The van der Waals surface area contributed by atoms with Crippen LogP contribution in [0.1, 0.15) is 76.9 Å². The van der Waals surface area contributed by atoms with Gasteiger partial charge in [0.25, 0.3) is 11.8 Å². The van der Waals surface area contributed by atoms with Gasteiger partial charge in [-0.15, -0.1) is 0 Å². The van der Waals surface area contributed by atoms with Gasteiger partial charge in [-0.05, 0) is 68.4 Å². The number of pyridine rings is 1. The number of nitrogens with one attached hydrogen (secondary N) is 2. The van der Waals surface area contributed by atoms with Crippen molar-refractivity contribution in [2.75, 3.05) is 17.6 Å². The summed E-state index contributed by atoms with van der Waals surface area (Å²) in [6.07, 6.45) is 6.62. The Kier molecular flexibility index (Phi) is 5.69. The van der Waals surface area contributed by atoms with Gasteiger partial charge in [0, 0.05) is 36.3 Å². The summed E-state index contributed by atoms with van der Waals surface area (Å²) in [7, 11) is 0. The summed E-state index contributed by atoms with van der Waals surface area (Å²) >= 11 is 0. The van der Waals surface area contributed by atoms with Crippen molar-refractivity contribution in [3.8, 4) is 11.3 Å². The number of carbonyl (C=O) groups is 4. The maximum Gasteiger partial charge on any atom is 0.262 e. The molecule has 4 heterocycles. The van der Waals surface area contributed by atoms with Gasteiger partial charge in [-0.25, -0.2) is 4.98 Å². The summed E-state index contributed by atoms with van der Waals surface area (Å²) in [6, 6.07) is 10.1. The van der Waals surface area contributed by atoms with Crippen molar-refractivity contribution in [3.63, 3.8) is 0 Å². The second kappa shape index (κ2) is 9.29. The molecule has 2 saturated carbocycles. The molecule has 2 aliphatic carbocycles. The fourth-order valence-electron chi connectivity index (χ4n) is 5.98. The van der Waals surface area contributed by atoms with Gasteiger partial charge in [-0.2, -0.15) is 5.10 Å². The van der Waals surface area contributed by atoms with E-state index in [9.17, 15) is 19.2 Å². The third-order valence-corrected chi connectivity index (χ3v) is 8.39. The van der Waals surface area contributed by atoms with Gasteiger partial charge < -0.3 is 11.1 Å². The average Bonchev–Trinajstić information content (AvgIpc) is 3.62. The van der Waals surface area contributed by atoms with Gasteiger partial charge in [0.15, 0.2) is 0 Å². The minimum absolute atomic E-state index is 0.0957. The molecular weight excluding hydrogens is 510 g/mol. The zero-order valence-electron chi connectivity index (χ0n) is 21.8. The zero-order valence-corrected chi connectivity index (χ0v) is 21.8. The highest BCUT2D eigenvalue weighted by atomic mass is 16.2. The second-order valence-corrected chi connectivity index (χ2v) is 11.2. The number of fused-ring (bicyclic) bond motifs is 1. The van der Waals surface area contributed by atoms with Crippen molar-refractivity contribution >= 4 is 35.1 Å². The number of hydrogen-bond acceptors (Lipinski definition) is 8. The standard InChI is InChI=1S/C29H29N7O4/c30-24-3-1-2-22(32-24)21-14-35(34-26(21)16-4-5-16)18-10-15(11-18)13-31-17-6-7-19-20(12-17)29(40)36(28(19)39)23-8-9-25(37)33-27(23)38/h1-3,6-7,12,14-16,18,23,31H,4-5,8-11,13H2,(H2,30,32)(H,33,37,38)/t15-,18-,23?. The predicted molar refractivity (Wildman–Crippen MR) is 145 cm³/mol. The van der Waals surface area contributed by atoms with Crippen molar-refractivity contribution < 1.29 is 19.2 Å². The number of benzene rings is 1. The van der Waals surface area contributed by atoms with E-state index >= 15 is 0 Å². The van der Waals surface area contributed by atoms with E-state index in [2.05, 4.69) is 26.5 Å². The molecular formula is C29H29N7O4. The summed E-state index contributed by atoms with van der Waals surface area (Å²) in [4.78, 5) is 55.3. The van der Waals surface area contributed by atoms with Crippen LogP contribution in [0.2, 0.25) is 0 Å². The molecule has 4 aliphatic rings. The lowest BCUT2D eigenvalue weighted by Crippen LogP contribution is -2.54. The molecule has 4 N–H and O–H groups in total. The molecule has 11 heteroatoms. The largest absolute Gasteiger partial charge is 0.385 e. The van der Waals surface area contributed by atoms with E-state index in [-0.39, 0.29) is 24.0 Å². The van der Waals surface area contributed by atoms with Crippen LogP contribution in [-0.2, 0) is 9.59 Å². The molecule has 2 aromatic heterocycles. The zero-order chi connectivity index (χ0) is 27.5. The lowest BCUT2D eigenvalue weighted by atomic mass is 9.80. The number of carbonyl (C=O) groups excluding carboxylic acids is 4. The Morgan fingerprint density at radius 2 is 1.77 bits per heavy atom. The number of nitrogen functional groups attached to an aromatic ring is 1. The van der Waals surface area contributed by atoms with E-state index in [1.54, 1.807) is 24.3 Å². The number of hydrogen-bond donors (Lipinski definition) is 3. The number of nitrogens with two attached hydrogens (primary N) is 1. The van der Waals surface area contributed by atoms with Crippen LogP contribution in [0, 0.1) is 5.92 Å². The van der Waals surface area contributed by atoms with E-state index in [1.807, 2.05) is 12.1 Å². The number of piperidine rings is 1. The number of amides is 4. The Hall–Kier alpha value is -4.54. The highest BCUT2D eigenvalue weighted by Crippen LogP contribution is 2.45. The molecule has 3 fully saturated rings. The Morgan fingerprint density at radius 3 is 2.52 bits per heavy atom. The molecule has 40 heavy (non-hydrogen) atoms. The van der Waals surface area contributed by atoms with Gasteiger partial charge in [-0.3, -0.25) is 34.1 Å². The fraction of sp³-hybridized carbons (Fsp3) is 0.379.